The van der Waals surface area contributed by atoms with Crippen LogP contribution in [0.4, 0.5) is 0 Å². The average molecular weight is 369 g/mol. The monoisotopic (exact) mass is 368 g/mol. The number of unbranched alkanes of at least 4 members (excludes halogenated alkanes) is 1. The molecule has 2 aromatic heterocycles. The zero-order valence-electron chi connectivity index (χ0n) is 15.5. The van der Waals surface area contributed by atoms with Crippen LogP contribution in [0.15, 0.2) is 42.6 Å². The van der Waals surface area contributed by atoms with E-state index in [0.717, 1.165) is 34.3 Å². The second-order valence-corrected chi connectivity index (χ2v) is 7.61. The minimum Gasteiger partial charge on any atom is -0.465 e. The third kappa shape index (κ3) is 4.11. The Morgan fingerprint density at radius 3 is 2.62 bits per heavy atom. The van der Waals surface area contributed by atoms with Crippen molar-refractivity contribution in [2.45, 2.75) is 19.3 Å². The third-order valence-corrected chi connectivity index (χ3v) is 5.49. The maximum absolute atomic E-state index is 12.2. The Morgan fingerprint density at radius 2 is 1.92 bits per heavy atom. The van der Waals surface area contributed by atoms with E-state index in [-0.39, 0.29) is 5.97 Å². The van der Waals surface area contributed by atoms with Gasteiger partial charge in [-0.1, -0.05) is 24.3 Å². The van der Waals surface area contributed by atoms with Gasteiger partial charge in [0.1, 0.15) is 9.71 Å². The molecule has 1 aromatic carbocycles. The highest BCUT2D eigenvalue weighted by Crippen LogP contribution is 2.38. The predicted molar refractivity (Wildman–Crippen MR) is 108 cm³/mol. The normalized spacial score (nSPS) is 11.2. The molecule has 5 heteroatoms. The van der Waals surface area contributed by atoms with Crippen molar-refractivity contribution in [2.75, 3.05) is 27.7 Å². The number of hydrogen-bond donors (Lipinski definition) is 0. The Morgan fingerprint density at radius 1 is 1.15 bits per heavy atom. The predicted octanol–water partition coefficient (Wildman–Crippen LogP) is 4.63. The van der Waals surface area contributed by atoms with Crippen LogP contribution in [-0.2, 0) is 11.2 Å². The summed E-state index contributed by atoms with van der Waals surface area (Å²) in [5, 5.41) is 0.997. The van der Waals surface area contributed by atoms with E-state index in [4.69, 9.17) is 4.74 Å². The van der Waals surface area contributed by atoms with Crippen LogP contribution in [0.2, 0.25) is 0 Å². The summed E-state index contributed by atoms with van der Waals surface area (Å²) in [6.45, 7) is 1.12. The highest BCUT2D eigenvalue weighted by Gasteiger charge is 2.20. The van der Waals surface area contributed by atoms with E-state index in [9.17, 15) is 4.79 Å². The highest BCUT2D eigenvalue weighted by atomic mass is 32.1. The fourth-order valence-corrected chi connectivity index (χ4v) is 4.13. The Hall–Kier alpha value is -2.24. The molecule has 0 unspecified atom stereocenters. The summed E-state index contributed by atoms with van der Waals surface area (Å²) in [5.41, 5.74) is 3.27. The van der Waals surface area contributed by atoms with E-state index < -0.39 is 0 Å². The summed E-state index contributed by atoms with van der Waals surface area (Å²) in [5.74, 6) is -0.309. The number of esters is 1. The van der Waals surface area contributed by atoms with Crippen LogP contribution in [0, 0.1) is 0 Å². The molecule has 0 bridgehead atoms. The van der Waals surface area contributed by atoms with Crippen LogP contribution in [0.5, 0.6) is 0 Å². The smallest absolute Gasteiger partial charge is 0.348 e. The van der Waals surface area contributed by atoms with Gasteiger partial charge in [-0.05, 0) is 63.2 Å². The lowest BCUT2D eigenvalue weighted by atomic mass is 9.99. The van der Waals surface area contributed by atoms with Crippen LogP contribution in [-0.4, -0.2) is 43.6 Å². The molecule has 26 heavy (non-hydrogen) atoms. The molecule has 0 N–H and O–H groups in total. The Kier molecular flexibility index (Phi) is 6.01. The molecule has 4 nitrogen and oxygen atoms in total. The summed E-state index contributed by atoms with van der Waals surface area (Å²) in [7, 11) is 5.63. The lowest BCUT2D eigenvalue weighted by Gasteiger charge is -2.09. The molecular formula is C21H24N2O2S. The largest absolute Gasteiger partial charge is 0.465 e. The SMILES string of the molecule is COC(=O)c1sc2ncccc2c1-c1ccc(CCCCN(C)C)cc1. The van der Waals surface area contributed by atoms with Gasteiger partial charge in [-0.2, -0.15) is 0 Å². The number of aromatic nitrogens is 1. The number of methoxy groups -OCH3 is 1. The molecule has 0 atom stereocenters. The van der Waals surface area contributed by atoms with Gasteiger partial charge in [-0.3, -0.25) is 0 Å². The summed E-state index contributed by atoms with van der Waals surface area (Å²) in [4.78, 5) is 20.3. The topological polar surface area (TPSA) is 42.4 Å². The Bertz CT molecular complexity index is 885. The minimum atomic E-state index is -0.309. The van der Waals surface area contributed by atoms with E-state index in [2.05, 4.69) is 48.2 Å². The van der Waals surface area contributed by atoms with Gasteiger partial charge in [0.05, 0.1) is 7.11 Å². The van der Waals surface area contributed by atoms with E-state index in [1.54, 1.807) is 6.20 Å². The highest BCUT2D eigenvalue weighted by molar-refractivity contribution is 7.21. The van der Waals surface area contributed by atoms with Gasteiger partial charge in [0.15, 0.2) is 0 Å². The number of ether oxygens (including phenoxy) is 1. The quantitative estimate of drug-likeness (QED) is 0.450. The van der Waals surface area contributed by atoms with Gasteiger partial charge in [-0.15, -0.1) is 11.3 Å². The average Bonchev–Trinajstić information content (AvgIpc) is 3.04. The van der Waals surface area contributed by atoms with Gasteiger partial charge >= 0.3 is 5.97 Å². The number of thiophene rings is 1. The fourth-order valence-electron chi connectivity index (χ4n) is 3.05. The maximum atomic E-state index is 12.2. The number of fused-ring (bicyclic) bond motifs is 1. The number of carbonyl (C=O) groups excluding carboxylic acids is 1. The fraction of sp³-hybridized carbons (Fsp3) is 0.333. The van der Waals surface area contributed by atoms with Crippen LogP contribution >= 0.6 is 11.3 Å². The van der Waals surface area contributed by atoms with Crippen molar-refractivity contribution < 1.29 is 9.53 Å². The van der Waals surface area contributed by atoms with Crippen molar-refractivity contribution >= 4 is 27.5 Å². The first-order valence-electron chi connectivity index (χ1n) is 8.80. The van der Waals surface area contributed by atoms with Crippen molar-refractivity contribution in [3.05, 3.63) is 53.0 Å². The van der Waals surface area contributed by atoms with Gasteiger partial charge < -0.3 is 9.64 Å². The lowest BCUT2D eigenvalue weighted by molar-refractivity contribution is 0.0607. The zero-order chi connectivity index (χ0) is 18.5. The molecule has 0 amide bonds. The molecule has 0 fully saturated rings. The van der Waals surface area contributed by atoms with Crippen molar-refractivity contribution in [3.63, 3.8) is 0 Å². The first kappa shape index (κ1) is 18.5. The van der Waals surface area contributed by atoms with Gasteiger partial charge in [0.2, 0.25) is 0 Å². The lowest BCUT2D eigenvalue weighted by Crippen LogP contribution is -2.12. The van der Waals surface area contributed by atoms with E-state index in [1.807, 2.05) is 12.1 Å². The van der Waals surface area contributed by atoms with Crippen LogP contribution in [0.25, 0.3) is 21.3 Å². The second kappa shape index (κ2) is 8.43. The summed E-state index contributed by atoms with van der Waals surface area (Å²) in [6, 6.07) is 12.4. The molecule has 0 radical (unpaired) electrons. The molecule has 0 spiro atoms. The van der Waals surface area contributed by atoms with E-state index in [0.29, 0.717) is 4.88 Å². The number of hydrogen-bond acceptors (Lipinski definition) is 5. The standard InChI is InChI=1S/C21H24N2O2S/c1-23(2)14-5-4-7-15-9-11-16(12-10-15)18-17-8-6-13-22-20(17)26-19(18)21(24)25-3/h6,8-13H,4-5,7,14H2,1-3H3. The molecule has 3 rings (SSSR count). The number of rotatable bonds is 7. The van der Waals surface area contributed by atoms with Crippen molar-refractivity contribution in [3.8, 4) is 11.1 Å². The van der Waals surface area contributed by atoms with E-state index in [1.165, 1.54) is 36.9 Å². The molecule has 0 aliphatic rings. The molecule has 3 aromatic rings. The van der Waals surface area contributed by atoms with Gasteiger partial charge in [0, 0.05) is 17.1 Å². The molecule has 136 valence electrons. The number of benzene rings is 1. The Labute approximate surface area is 158 Å². The van der Waals surface area contributed by atoms with Gasteiger partial charge in [0.25, 0.3) is 0 Å². The Balaban J connectivity index is 1.86. The molecule has 0 saturated carbocycles. The van der Waals surface area contributed by atoms with Crippen LogP contribution in [0.3, 0.4) is 0 Å². The van der Waals surface area contributed by atoms with Crippen molar-refractivity contribution in [1.29, 1.82) is 0 Å². The summed E-state index contributed by atoms with van der Waals surface area (Å²) < 4.78 is 4.98. The molecule has 0 saturated heterocycles. The first-order chi connectivity index (χ1) is 12.6. The minimum absolute atomic E-state index is 0.309. The maximum Gasteiger partial charge on any atom is 0.348 e. The molecular weight excluding hydrogens is 344 g/mol. The molecule has 2 heterocycles. The number of pyridine rings is 1. The number of carbonyl (C=O) groups is 1. The molecule has 0 aliphatic carbocycles. The van der Waals surface area contributed by atoms with E-state index >= 15 is 0 Å². The van der Waals surface area contributed by atoms with Crippen LogP contribution < -0.4 is 0 Å². The van der Waals surface area contributed by atoms with Crippen LogP contribution in [0.1, 0.15) is 28.1 Å². The zero-order valence-corrected chi connectivity index (χ0v) is 16.3. The first-order valence-corrected chi connectivity index (χ1v) is 9.61. The van der Waals surface area contributed by atoms with Gasteiger partial charge in [-0.25, -0.2) is 9.78 Å². The number of nitrogens with zero attached hydrogens (tertiary/aromatic N) is 2. The third-order valence-electron chi connectivity index (χ3n) is 4.40. The second-order valence-electron chi connectivity index (χ2n) is 6.61. The molecule has 0 aliphatic heterocycles. The van der Waals surface area contributed by atoms with Crippen molar-refractivity contribution in [2.24, 2.45) is 0 Å². The van der Waals surface area contributed by atoms with Crippen molar-refractivity contribution in [1.82, 2.24) is 9.88 Å². The summed E-state index contributed by atoms with van der Waals surface area (Å²) in [6.07, 6.45) is 5.20. The number of aryl methyl sites for hydroxylation is 1. The summed E-state index contributed by atoms with van der Waals surface area (Å²) >= 11 is 1.38.